The third-order valence-corrected chi connectivity index (χ3v) is 3.76. The van der Waals surface area contributed by atoms with Crippen LogP contribution in [0.1, 0.15) is 34.8 Å². The van der Waals surface area contributed by atoms with Crippen molar-refractivity contribution in [2.45, 2.75) is 18.9 Å². The van der Waals surface area contributed by atoms with Gasteiger partial charge in [0.25, 0.3) is 5.91 Å². The summed E-state index contributed by atoms with van der Waals surface area (Å²) in [6.45, 7) is 0.536. The van der Waals surface area contributed by atoms with Crippen molar-refractivity contribution in [3.8, 4) is 0 Å². The van der Waals surface area contributed by atoms with Crippen LogP contribution >= 0.6 is 0 Å². The van der Waals surface area contributed by atoms with E-state index in [0.29, 0.717) is 6.54 Å². The van der Waals surface area contributed by atoms with E-state index in [-0.39, 0.29) is 11.6 Å². The minimum absolute atomic E-state index is 0.131. The van der Waals surface area contributed by atoms with Crippen LogP contribution in [0.25, 0.3) is 0 Å². The van der Waals surface area contributed by atoms with Crippen LogP contribution in [-0.2, 0) is 0 Å². The molecular formula is C16H14F2N2O. The molecular weight excluding hydrogens is 274 g/mol. The first-order valence-corrected chi connectivity index (χ1v) is 6.83. The Morgan fingerprint density at radius 2 is 2.10 bits per heavy atom. The third-order valence-electron chi connectivity index (χ3n) is 3.76. The van der Waals surface area contributed by atoms with E-state index < -0.39 is 17.5 Å². The molecule has 5 heteroatoms. The van der Waals surface area contributed by atoms with E-state index >= 15 is 0 Å². The lowest BCUT2D eigenvalue weighted by Gasteiger charge is -2.25. The van der Waals surface area contributed by atoms with Gasteiger partial charge in [-0.3, -0.25) is 9.78 Å². The van der Waals surface area contributed by atoms with Gasteiger partial charge in [0.15, 0.2) is 11.6 Å². The van der Waals surface area contributed by atoms with Gasteiger partial charge in [-0.05, 0) is 36.6 Å². The van der Waals surface area contributed by atoms with Gasteiger partial charge in [0, 0.05) is 18.9 Å². The average molecular weight is 288 g/mol. The zero-order valence-electron chi connectivity index (χ0n) is 11.3. The summed E-state index contributed by atoms with van der Waals surface area (Å²) in [5.41, 5.74) is 0.700. The van der Waals surface area contributed by atoms with E-state index in [1.807, 2.05) is 6.07 Å². The molecule has 1 atom stereocenters. The van der Waals surface area contributed by atoms with Crippen LogP contribution in [-0.4, -0.2) is 22.3 Å². The lowest BCUT2D eigenvalue weighted by molar-refractivity contribution is 0.0729. The van der Waals surface area contributed by atoms with Crippen molar-refractivity contribution in [1.29, 1.82) is 0 Å². The zero-order chi connectivity index (χ0) is 14.8. The lowest BCUT2D eigenvalue weighted by Crippen LogP contribution is -2.31. The quantitative estimate of drug-likeness (QED) is 0.849. The van der Waals surface area contributed by atoms with E-state index in [2.05, 4.69) is 4.98 Å². The summed E-state index contributed by atoms with van der Waals surface area (Å²) in [5, 5.41) is 0. The van der Waals surface area contributed by atoms with Crippen LogP contribution in [0.4, 0.5) is 8.78 Å². The second-order valence-corrected chi connectivity index (χ2v) is 5.04. The van der Waals surface area contributed by atoms with Crippen molar-refractivity contribution in [3.63, 3.8) is 0 Å². The molecule has 3 nitrogen and oxygen atoms in total. The Morgan fingerprint density at radius 3 is 2.86 bits per heavy atom. The Balaban J connectivity index is 1.92. The molecule has 0 N–H and O–H groups in total. The molecule has 0 bridgehead atoms. The normalized spacial score (nSPS) is 18.0. The minimum atomic E-state index is -1.08. The van der Waals surface area contributed by atoms with Crippen LogP contribution in [0, 0.1) is 11.6 Å². The highest BCUT2D eigenvalue weighted by molar-refractivity contribution is 5.95. The fraction of sp³-hybridized carbons (Fsp3) is 0.250. The highest BCUT2D eigenvalue weighted by Gasteiger charge is 2.32. The number of halogens is 2. The second-order valence-electron chi connectivity index (χ2n) is 5.04. The molecule has 1 aliphatic heterocycles. The number of rotatable bonds is 2. The molecule has 1 amide bonds. The number of nitrogens with zero attached hydrogens (tertiary/aromatic N) is 2. The van der Waals surface area contributed by atoms with Crippen molar-refractivity contribution < 1.29 is 13.6 Å². The van der Waals surface area contributed by atoms with Crippen molar-refractivity contribution in [2.75, 3.05) is 6.54 Å². The van der Waals surface area contributed by atoms with E-state index in [1.54, 1.807) is 23.4 Å². The van der Waals surface area contributed by atoms with Gasteiger partial charge in [-0.2, -0.15) is 0 Å². The summed E-state index contributed by atoms with van der Waals surface area (Å²) in [7, 11) is 0. The molecule has 1 saturated heterocycles. The second kappa shape index (κ2) is 5.60. The molecule has 1 fully saturated rings. The molecule has 2 aromatic rings. The van der Waals surface area contributed by atoms with Crippen LogP contribution in [0.15, 0.2) is 42.7 Å². The Labute approximate surface area is 121 Å². The topological polar surface area (TPSA) is 33.2 Å². The Morgan fingerprint density at radius 1 is 1.24 bits per heavy atom. The highest BCUT2D eigenvalue weighted by atomic mass is 19.2. The number of aromatic nitrogens is 1. The summed E-state index contributed by atoms with van der Waals surface area (Å²) in [4.78, 5) is 18.2. The van der Waals surface area contributed by atoms with Crippen LogP contribution in [0.3, 0.4) is 0 Å². The van der Waals surface area contributed by atoms with Crippen LogP contribution in [0.2, 0.25) is 0 Å². The third kappa shape index (κ3) is 2.51. The summed E-state index contributed by atoms with van der Waals surface area (Å²) in [6, 6.07) is 7.24. The number of benzene rings is 1. The van der Waals surface area contributed by atoms with Crippen LogP contribution < -0.4 is 0 Å². The Hall–Kier alpha value is -2.30. The van der Waals surface area contributed by atoms with Gasteiger partial charge < -0.3 is 4.90 Å². The molecule has 108 valence electrons. The largest absolute Gasteiger partial charge is 0.331 e. The van der Waals surface area contributed by atoms with Crippen LogP contribution in [0.5, 0.6) is 0 Å². The molecule has 1 aromatic heterocycles. The van der Waals surface area contributed by atoms with Gasteiger partial charge in [0.1, 0.15) is 0 Å². The molecule has 3 rings (SSSR count). The monoisotopic (exact) mass is 288 g/mol. The van der Waals surface area contributed by atoms with Gasteiger partial charge in [-0.25, -0.2) is 8.78 Å². The molecule has 0 aliphatic carbocycles. The predicted octanol–water partition coefficient (Wildman–Crippen LogP) is 3.34. The molecule has 2 heterocycles. The van der Waals surface area contributed by atoms with E-state index in [0.717, 1.165) is 24.5 Å². The van der Waals surface area contributed by atoms with Gasteiger partial charge in [0.2, 0.25) is 0 Å². The molecule has 1 aliphatic rings. The maximum absolute atomic E-state index is 13.8. The first-order chi connectivity index (χ1) is 10.2. The van der Waals surface area contributed by atoms with Crippen molar-refractivity contribution in [1.82, 2.24) is 9.88 Å². The molecule has 1 unspecified atom stereocenters. The summed E-state index contributed by atoms with van der Waals surface area (Å²) >= 11 is 0. The summed E-state index contributed by atoms with van der Waals surface area (Å²) in [5.74, 6) is -2.56. The SMILES string of the molecule is O=C(c1cccc(F)c1F)N1CCCC1c1cccnc1. The van der Waals surface area contributed by atoms with E-state index in [4.69, 9.17) is 0 Å². The van der Waals surface area contributed by atoms with E-state index in [9.17, 15) is 13.6 Å². The fourth-order valence-electron chi connectivity index (χ4n) is 2.75. The first-order valence-electron chi connectivity index (χ1n) is 6.83. The van der Waals surface area contributed by atoms with Gasteiger partial charge in [-0.15, -0.1) is 0 Å². The molecule has 1 aromatic carbocycles. The lowest BCUT2D eigenvalue weighted by atomic mass is 10.1. The standard InChI is InChI=1S/C16H14F2N2O/c17-13-6-1-5-12(15(13)18)16(21)20-9-3-7-14(20)11-4-2-8-19-10-11/h1-2,4-6,8,10,14H,3,7,9H2. The van der Waals surface area contributed by atoms with Gasteiger partial charge >= 0.3 is 0 Å². The first kappa shape index (κ1) is 13.7. The predicted molar refractivity (Wildman–Crippen MR) is 73.6 cm³/mol. The van der Waals surface area contributed by atoms with Crippen molar-refractivity contribution >= 4 is 5.91 Å². The van der Waals surface area contributed by atoms with Crippen molar-refractivity contribution in [3.05, 3.63) is 65.5 Å². The average Bonchev–Trinajstić information content (AvgIpc) is 3.00. The summed E-state index contributed by atoms with van der Waals surface area (Å²) < 4.78 is 27.1. The number of pyridine rings is 1. The summed E-state index contributed by atoms with van der Waals surface area (Å²) in [6.07, 6.45) is 5.01. The molecule has 0 spiro atoms. The number of carbonyl (C=O) groups excluding carboxylic acids is 1. The number of hydrogen-bond acceptors (Lipinski definition) is 2. The van der Waals surface area contributed by atoms with Crippen molar-refractivity contribution in [2.24, 2.45) is 0 Å². The molecule has 21 heavy (non-hydrogen) atoms. The number of hydrogen-bond donors (Lipinski definition) is 0. The van der Waals surface area contributed by atoms with Gasteiger partial charge in [0.05, 0.1) is 11.6 Å². The van der Waals surface area contributed by atoms with E-state index in [1.165, 1.54) is 12.1 Å². The maximum Gasteiger partial charge on any atom is 0.257 e. The zero-order valence-corrected chi connectivity index (χ0v) is 11.3. The Kier molecular flexibility index (Phi) is 3.64. The fourth-order valence-corrected chi connectivity index (χ4v) is 2.75. The highest BCUT2D eigenvalue weighted by Crippen LogP contribution is 2.33. The minimum Gasteiger partial charge on any atom is -0.331 e. The Bertz CT molecular complexity index is 661. The molecule has 0 radical (unpaired) electrons. The maximum atomic E-state index is 13.8. The number of amides is 1. The van der Waals surface area contributed by atoms with Gasteiger partial charge in [-0.1, -0.05) is 12.1 Å². The molecule has 0 saturated carbocycles. The number of carbonyl (C=O) groups is 1. The number of likely N-dealkylation sites (tertiary alicyclic amines) is 1. The smallest absolute Gasteiger partial charge is 0.257 e.